The van der Waals surface area contributed by atoms with Gasteiger partial charge in [0, 0.05) is 19.7 Å². The molecular formula is C17H30IN3O2. The van der Waals surface area contributed by atoms with E-state index in [1.165, 1.54) is 32.1 Å². The second kappa shape index (κ2) is 10.9. The molecule has 0 radical (unpaired) electrons. The summed E-state index contributed by atoms with van der Waals surface area (Å²) in [4.78, 5) is 4.57. The minimum absolute atomic E-state index is 0. The molecule has 0 amide bonds. The maximum atomic E-state index is 9.39. The molecule has 1 heterocycles. The molecule has 1 aliphatic rings. The maximum absolute atomic E-state index is 9.39. The largest absolute Gasteiger partial charge is 0.467 e. The third-order valence-electron chi connectivity index (χ3n) is 4.50. The average molecular weight is 435 g/mol. The van der Waals surface area contributed by atoms with Crippen molar-refractivity contribution < 1.29 is 9.52 Å². The molecule has 0 atom stereocenters. The SMILES string of the molecule is CCNC(=NCc1ccco1)NCC1(CCO)CCCCC1.I. The molecule has 0 spiro atoms. The summed E-state index contributed by atoms with van der Waals surface area (Å²) in [5, 5.41) is 16.1. The van der Waals surface area contributed by atoms with Crippen LogP contribution >= 0.6 is 24.0 Å². The lowest BCUT2D eigenvalue weighted by atomic mass is 9.72. The summed E-state index contributed by atoms with van der Waals surface area (Å²) in [5.74, 6) is 1.68. The summed E-state index contributed by atoms with van der Waals surface area (Å²) in [6.45, 7) is 4.57. The number of furan rings is 1. The van der Waals surface area contributed by atoms with Crippen LogP contribution in [-0.4, -0.2) is 30.8 Å². The van der Waals surface area contributed by atoms with Gasteiger partial charge in [0.05, 0.1) is 6.26 Å². The second-order valence-corrected chi connectivity index (χ2v) is 6.16. The smallest absolute Gasteiger partial charge is 0.191 e. The number of halogens is 1. The maximum Gasteiger partial charge on any atom is 0.191 e. The van der Waals surface area contributed by atoms with Gasteiger partial charge in [-0.15, -0.1) is 24.0 Å². The fraction of sp³-hybridized carbons (Fsp3) is 0.706. The third kappa shape index (κ3) is 6.71. The van der Waals surface area contributed by atoms with E-state index in [1.54, 1.807) is 6.26 Å². The first-order valence-corrected chi connectivity index (χ1v) is 8.43. The van der Waals surface area contributed by atoms with Crippen molar-refractivity contribution in [2.24, 2.45) is 10.4 Å². The highest BCUT2D eigenvalue weighted by molar-refractivity contribution is 14.0. The molecule has 3 N–H and O–H groups in total. The number of aliphatic hydroxyl groups excluding tert-OH is 1. The van der Waals surface area contributed by atoms with Gasteiger partial charge in [0.15, 0.2) is 5.96 Å². The predicted octanol–water partition coefficient (Wildman–Crippen LogP) is 3.29. The molecule has 0 bridgehead atoms. The number of nitrogens with zero attached hydrogens (tertiary/aromatic N) is 1. The lowest BCUT2D eigenvalue weighted by Gasteiger charge is -2.37. The van der Waals surface area contributed by atoms with Crippen LogP contribution in [0.4, 0.5) is 0 Å². The summed E-state index contributed by atoms with van der Waals surface area (Å²) in [6, 6.07) is 3.81. The Morgan fingerprint density at radius 2 is 2.09 bits per heavy atom. The van der Waals surface area contributed by atoms with Gasteiger partial charge in [0.1, 0.15) is 12.3 Å². The Hall–Kier alpha value is -0.760. The van der Waals surface area contributed by atoms with Crippen molar-refractivity contribution in [3.05, 3.63) is 24.2 Å². The molecule has 5 nitrogen and oxygen atoms in total. The Bertz CT molecular complexity index is 437. The van der Waals surface area contributed by atoms with E-state index < -0.39 is 0 Å². The number of guanidine groups is 1. The first-order valence-electron chi connectivity index (χ1n) is 8.43. The molecular weight excluding hydrogens is 405 g/mol. The van der Waals surface area contributed by atoms with Crippen LogP contribution in [0.2, 0.25) is 0 Å². The van der Waals surface area contributed by atoms with E-state index in [9.17, 15) is 5.11 Å². The summed E-state index contributed by atoms with van der Waals surface area (Å²) in [5.41, 5.74) is 0.216. The standard InChI is InChI=1S/C17H29N3O2.HI/c1-2-18-16(19-13-15-7-6-12-22-15)20-14-17(10-11-21)8-4-3-5-9-17;/h6-7,12,21H,2-5,8-11,13-14H2,1H3,(H2,18,19,20);1H. The summed E-state index contributed by atoms with van der Waals surface area (Å²) < 4.78 is 5.32. The van der Waals surface area contributed by atoms with Crippen LogP contribution in [0.1, 0.15) is 51.2 Å². The van der Waals surface area contributed by atoms with Crippen molar-refractivity contribution in [3.63, 3.8) is 0 Å². The zero-order valence-corrected chi connectivity index (χ0v) is 16.3. The number of hydrogen-bond acceptors (Lipinski definition) is 3. The third-order valence-corrected chi connectivity index (χ3v) is 4.50. The van der Waals surface area contributed by atoms with E-state index in [4.69, 9.17) is 4.42 Å². The Balaban J connectivity index is 0.00000264. The molecule has 1 saturated carbocycles. The zero-order chi connectivity index (χ0) is 15.7. The number of aliphatic hydroxyl groups is 1. The van der Waals surface area contributed by atoms with Crippen LogP contribution in [0.3, 0.4) is 0 Å². The lowest BCUT2D eigenvalue weighted by Crippen LogP contribution is -2.44. The van der Waals surface area contributed by atoms with Crippen molar-refractivity contribution in [1.82, 2.24) is 10.6 Å². The average Bonchev–Trinajstić information content (AvgIpc) is 3.05. The normalized spacial score (nSPS) is 17.4. The highest BCUT2D eigenvalue weighted by Gasteiger charge is 2.31. The fourth-order valence-electron chi connectivity index (χ4n) is 3.23. The summed E-state index contributed by atoms with van der Waals surface area (Å²) >= 11 is 0. The van der Waals surface area contributed by atoms with Crippen molar-refractivity contribution in [2.75, 3.05) is 19.7 Å². The van der Waals surface area contributed by atoms with Crippen molar-refractivity contribution >= 4 is 29.9 Å². The second-order valence-electron chi connectivity index (χ2n) is 6.16. The molecule has 0 saturated heterocycles. The van der Waals surface area contributed by atoms with Crippen LogP contribution in [0.25, 0.3) is 0 Å². The first kappa shape index (κ1) is 20.3. The molecule has 1 aromatic rings. The Labute approximate surface area is 156 Å². The lowest BCUT2D eigenvalue weighted by molar-refractivity contribution is 0.131. The van der Waals surface area contributed by atoms with Gasteiger partial charge in [0.2, 0.25) is 0 Å². The van der Waals surface area contributed by atoms with Gasteiger partial charge in [-0.3, -0.25) is 0 Å². The number of rotatable bonds is 7. The molecule has 23 heavy (non-hydrogen) atoms. The molecule has 1 aromatic heterocycles. The van der Waals surface area contributed by atoms with Gasteiger partial charge in [-0.1, -0.05) is 19.3 Å². The van der Waals surface area contributed by atoms with Gasteiger partial charge < -0.3 is 20.2 Å². The highest BCUT2D eigenvalue weighted by Crippen LogP contribution is 2.38. The van der Waals surface area contributed by atoms with E-state index in [0.29, 0.717) is 6.54 Å². The molecule has 0 aliphatic heterocycles. The van der Waals surface area contributed by atoms with Gasteiger partial charge in [0.25, 0.3) is 0 Å². The van der Waals surface area contributed by atoms with E-state index >= 15 is 0 Å². The van der Waals surface area contributed by atoms with E-state index in [0.717, 1.165) is 31.2 Å². The van der Waals surface area contributed by atoms with Crippen LogP contribution in [0.15, 0.2) is 27.8 Å². The molecule has 1 aliphatic carbocycles. The Morgan fingerprint density at radius 1 is 1.30 bits per heavy atom. The summed E-state index contributed by atoms with van der Waals surface area (Å²) in [7, 11) is 0. The van der Waals surface area contributed by atoms with E-state index in [-0.39, 0.29) is 36.0 Å². The van der Waals surface area contributed by atoms with Gasteiger partial charge in [-0.05, 0) is 43.7 Å². The molecule has 132 valence electrons. The van der Waals surface area contributed by atoms with Crippen LogP contribution in [-0.2, 0) is 6.54 Å². The number of aliphatic imine (C=N–C) groups is 1. The van der Waals surface area contributed by atoms with E-state index in [1.807, 2.05) is 12.1 Å². The minimum atomic E-state index is 0. The van der Waals surface area contributed by atoms with Crippen LogP contribution in [0, 0.1) is 5.41 Å². The molecule has 1 fully saturated rings. The molecule has 6 heteroatoms. The van der Waals surface area contributed by atoms with Crippen LogP contribution in [0.5, 0.6) is 0 Å². The molecule has 0 unspecified atom stereocenters. The monoisotopic (exact) mass is 435 g/mol. The van der Waals surface area contributed by atoms with Crippen molar-refractivity contribution in [3.8, 4) is 0 Å². The van der Waals surface area contributed by atoms with Crippen LogP contribution < -0.4 is 10.6 Å². The molecule has 2 rings (SSSR count). The number of hydrogen-bond donors (Lipinski definition) is 3. The zero-order valence-electron chi connectivity index (χ0n) is 14.0. The van der Waals surface area contributed by atoms with Gasteiger partial charge in [-0.2, -0.15) is 0 Å². The first-order chi connectivity index (χ1) is 10.8. The Kier molecular flexibility index (Phi) is 9.62. The van der Waals surface area contributed by atoms with E-state index in [2.05, 4.69) is 22.5 Å². The van der Waals surface area contributed by atoms with Gasteiger partial charge in [-0.25, -0.2) is 4.99 Å². The predicted molar refractivity (Wildman–Crippen MR) is 104 cm³/mol. The Morgan fingerprint density at radius 3 is 2.70 bits per heavy atom. The van der Waals surface area contributed by atoms with Gasteiger partial charge >= 0.3 is 0 Å². The van der Waals surface area contributed by atoms with Crippen molar-refractivity contribution in [2.45, 2.75) is 52.0 Å². The fourth-order valence-corrected chi connectivity index (χ4v) is 3.23. The quantitative estimate of drug-likeness (QED) is 0.349. The number of nitrogens with one attached hydrogen (secondary N) is 2. The topological polar surface area (TPSA) is 69.8 Å². The minimum Gasteiger partial charge on any atom is -0.467 e. The summed E-state index contributed by atoms with van der Waals surface area (Å²) in [6.07, 6.45) is 8.78. The molecule has 0 aromatic carbocycles. The highest BCUT2D eigenvalue weighted by atomic mass is 127. The van der Waals surface area contributed by atoms with Crippen molar-refractivity contribution in [1.29, 1.82) is 0 Å².